The highest BCUT2D eigenvalue weighted by Gasteiger charge is 2.24. The zero-order valence-corrected chi connectivity index (χ0v) is 14.1. The van der Waals surface area contributed by atoms with Crippen LogP contribution in [0, 0.1) is 10.1 Å². The van der Waals surface area contributed by atoms with Gasteiger partial charge >= 0.3 is 0 Å². The van der Waals surface area contributed by atoms with E-state index in [0.717, 1.165) is 19.3 Å². The Morgan fingerprint density at radius 2 is 1.96 bits per heavy atom. The topological polar surface area (TPSA) is 75.5 Å². The molecule has 0 saturated heterocycles. The quantitative estimate of drug-likeness (QED) is 0.668. The second-order valence-electron chi connectivity index (χ2n) is 6.37. The predicted molar refractivity (Wildman–Crippen MR) is 96.5 cm³/mol. The Bertz CT molecular complexity index is 774. The molecule has 6 nitrogen and oxygen atoms in total. The largest absolute Gasteiger partial charge is 0.325 e. The van der Waals surface area contributed by atoms with Crippen LogP contribution in [0.25, 0.3) is 0 Å². The lowest BCUT2D eigenvalue weighted by Gasteiger charge is -2.32. The summed E-state index contributed by atoms with van der Waals surface area (Å²) in [5, 5.41) is 13.5. The molecule has 1 N–H and O–H groups in total. The highest BCUT2D eigenvalue weighted by atomic mass is 16.6. The molecule has 0 unspecified atom stereocenters. The van der Waals surface area contributed by atoms with Crippen LogP contribution in [0.3, 0.4) is 0 Å². The molecule has 2 aromatic rings. The average Bonchev–Trinajstić information content (AvgIpc) is 2.61. The lowest BCUT2D eigenvalue weighted by Crippen LogP contribution is -2.34. The smallest absolute Gasteiger partial charge is 0.269 e. The van der Waals surface area contributed by atoms with Crippen LogP contribution in [-0.2, 0) is 11.2 Å². The number of fused-ring (bicyclic) bond motifs is 1. The Balaban J connectivity index is 1.62. The van der Waals surface area contributed by atoms with Crippen molar-refractivity contribution in [3.63, 3.8) is 0 Å². The Morgan fingerprint density at radius 3 is 2.68 bits per heavy atom. The molecule has 1 amide bonds. The number of aryl methyl sites for hydroxylation is 1. The molecule has 0 heterocycles. The maximum Gasteiger partial charge on any atom is 0.269 e. The van der Waals surface area contributed by atoms with E-state index >= 15 is 0 Å². The molecule has 3 rings (SSSR count). The summed E-state index contributed by atoms with van der Waals surface area (Å²) in [5.41, 5.74) is 3.24. The number of nitro groups is 1. The SMILES string of the molecule is CN(CC(=O)Nc1ccc([N+](=O)[O-])cc1)[C@H]1CCCc2ccccc21. The van der Waals surface area contributed by atoms with Gasteiger partial charge in [0.15, 0.2) is 0 Å². The molecule has 0 bridgehead atoms. The van der Waals surface area contributed by atoms with Crippen LogP contribution >= 0.6 is 0 Å². The number of nitro benzene ring substituents is 1. The summed E-state index contributed by atoms with van der Waals surface area (Å²) in [5.74, 6) is -0.126. The van der Waals surface area contributed by atoms with E-state index in [1.54, 1.807) is 12.1 Å². The fourth-order valence-corrected chi connectivity index (χ4v) is 3.39. The van der Waals surface area contributed by atoms with Gasteiger partial charge in [0.25, 0.3) is 5.69 Å². The van der Waals surface area contributed by atoms with Gasteiger partial charge in [0.05, 0.1) is 11.5 Å². The summed E-state index contributed by atoms with van der Waals surface area (Å²) < 4.78 is 0. The van der Waals surface area contributed by atoms with Crippen molar-refractivity contribution in [3.05, 3.63) is 69.8 Å². The van der Waals surface area contributed by atoms with E-state index in [0.29, 0.717) is 5.69 Å². The van der Waals surface area contributed by atoms with Crippen molar-refractivity contribution in [3.8, 4) is 0 Å². The molecule has 1 atom stereocenters. The number of carbonyl (C=O) groups excluding carboxylic acids is 1. The molecular formula is C19H21N3O3. The summed E-state index contributed by atoms with van der Waals surface area (Å²) in [4.78, 5) is 24.6. The van der Waals surface area contributed by atoms with Crippen molar-refractivity contribution in [2.45, 2.75) is 25.3 Å². The molecule has 0 fully saturated rings. The Labute approximate surface area is 146 Å². The van der Waals surface area contributed by atoms with Crippen molar-refractivity contribution in [1.29, 1.82) is 0 Å². The molecule has 1 aliphatic carbocycles. The third-order valence-electron chi connectivity index (χ3n) is 4.62. The Morgan fingerprint density at radius 1 is 1.24 bits per heavy atom. The number of amides is 1. The minimum Gasteiger partial charge on any atom is -0.325 e. The number of hydrogen-bond acceptors (Lipinski definition) is 4. The molecule has 130 valence electrons. The molecular weight excluding hydrogens is 318 g/mol. The van der Waals surface area contributed by atoms with Crippen LogP contribution in [0.5, 0.6) is 0 Å². The first-order valence-electron chi connectivity index (χ1n) is 8.37. The van der Waals surface area contributed by atoms with Gasteiger partial charge in [0.2, 0.25) is 5.91 Å². The van der Waals surface area contributed by atoms with Crippen molar-refractivity contribution in [1.82, 2.24) is 4.90 Å². The summed E-state index contributed by atoms with van der Waals surface area (Å²) >= 11 is 0. The molecule has 25 heavy (non-hydrogen) atoms. The van der Waals surface area contributed by atoms with E-state index in [4.69, 9.17) is 0 Å². The number of hydrogen-bond donors (Lipinski definition) is 1. The molecule has 0 saturated carbocycles. The van der Waals surface area contributed by atoms with E-state index < -0.39 is 4.92 Å². The standard InChI is InChI=1S/C19H21N3O3/c1-21(18-8-4-6-14-5-2-3-7-17(14)18)13-19(23)20-15-9-11-16(12-10-15)22(24)25/h2-3,5,7,9-12,18H,4,6,8,13H2,1H3,(H,20,23)/t18-/m0/s1. The predicted octanol–water partition coefficient (Wildman–Crippen LogP) is 3.54. The molecule has 1 aliphatic rings. The monoisotopic (exact) mass is 339 g/mol. The van der Waals surface area contributed by atoms with Crippen LogP contribution in [0.4, 0.5) is 11.4 Å². The number of anilines is 1. The van der Waals surface area contributed by atoms with Crippen LogP contribution in [0.1, 0.15) is 30.0 Å². The fraction of sp³-hybridized carbons (Fsp3) is 0.316. The van der Waals surface area contributed by atoms with Crippen LogP contribution in [0.2, 0.25) is 0 Å². The van der Waals surface area contributed by atoms with Gasteiger partial charge in [-0.2, -0.15) is 0 Å². The lowest BCUT2D eigenvalue weighted by molar-refractivity contribution is -0.384. The van der Waals surface area contributed by atoms with Gasteiger partial charge in [0.1, 0.15) is 0 Å². The van der Waals surface area contributed by atoms with Gasteiger partial charge in [-0.25, -0.2) is 0 Å². The second-order valence-corrected chi connectivity index (χ2v) is 6.37. The number of non-ortho nitro benzene ring substituents is 1. The Hall–Kier alpha value is -2.73. The van der Waals surface area contributed by atoms with Gasteiger partial charge in [0, 0.05) is 23.9 Å². The number of rotatable bonds is 5. The molecule has 0 radical (unpaired) electrons. The third-order valence-corrected chi connectivity index (χ3v) is 4.62. The summed E-state index contributed by atoms with van der Waals surface area (Å²) in [6.07, 6.45) is 3.25. The molecule has 6 heteroatoms. The number of likely N-dealkylation sites (N-methyl/N-ethyl adjacent to an activating group) is 1. The highest BCUT2D eigenvalue weighted by Crippen LogP contribution is 2.33. The van der Waals surface area contributed by atoms with E-state index in [2.05, 4.69) is 28.4 Å². The van der Waals surface area contributed by atoms with Crippen LogP contribution in [-0.4, -0.2) is 29.3 Å². The summed E-state index contributed by atoms with van der Waals surface area (Å²) in [7, 11) is 1.96. The summed E-state index contributed by atoms with van der Waals surface area (Å²) in [6.45, 7) is 0.274. The second kappa shape index (κ2) is 7.44. The van der Waals surface area contributed by atoms with Crippen molar-refractivity contribution < 1.29 is 9.72 Å². The molecule has 2 aromatic carbocycles. The van der Waals surface area contributed by atoms with Crippen LogP contribution in [0.15, 0.2) is 48.5 Å². The van der Waals surface area contributed by atoms with Crippen molar-refractivity contribution in [2.24, 2.45) is 0 Å². The third kappa shape index (κ3) is 4.03. The summed E-state index contributed by atoms with van der Waals surface area (Å²) in [6, 6.07) is 14.5. The normalized spacial score (nSPS) is 16.3. The first-order chi connectivity index (χ1) is 12.0. The van der Waals surface area contributed by atoms with Gasteiger partial charge in [-0.3, -0.25) is 19.8 Å². The minimum atomic E-state index is -0.458. The van der Waals surface area contributed by atoms with Crippen molar-refractivity contribution in [2.75, 3.05) is 18.9 Å². The molecule has 0 aromatic heterocycles. The lowest BCUT2D eigenvalue weighted by atomic mass is 9.87. The van der Waals surface area contributed by atoms with E-state index in [1.807, 2.05) is 13.1 Å². The average molecular weight is 339 g/mol. The zero-order chi connectivity index (χ0) is 17.8. The number of nitrogens with one attached hydrogen (secondary N) is 1. The molecule has 0 spiro atoms. The highest BCUT2D eigenvalue weighted by molar-refractivity contribution is 5.92. The number of benzene rings is 2. The number of carbonyl (C=O) groups is 1. The first kappa shape index (κ1) is 17.1. The van der Waals surface area contributed by atoms with Gasteiger partial charge in [-0.1, -0.05) is 24.3 Å². The Kier molecular flexibility index (Phi) is 5.09. The van der Waals surface area contributed by atoms with E-state index in [1.165, 1.54) is 23.3 Å². The van der Waals surface area contributed by atoms with Gasteiger partial charge in [-0.05, 0) is 49.6 Å². The number of nitrogens with zero attached hydrogens (tertiary/aromatic N) is 2. The molecule has 0 aliphatic heterocycles. The van der Waals surface area contributed by atoms with Gasteiger partial charge in [-0.15, -0.1) is 0 Å². The van der Waals surface area contributed by atoms with Crippen molar-refractivity contribution >= 4 is 17.3 Å². The maximum absolute atomic E-state index is 12.3. The van der Waals surface area contributed by atoms with E-state index in [-0.39, 0.29) is 24.2 Å². The minimum absolute atomic E-state index is 0.00827. The zero-order valence-electron chi connectivity index (χ0n) is 14.1. The first-order valence-corrected chi connectivity index (χ1v) is 8.37. The van der Waals surface area contributed by atoms with Gasteiger partial charge < -0.3 is 5.32 Å². The van der Waals surface area contributed by atoms with Crippen LogP contribution < -0.4 is 5.32 Å². The maximum atomic E-state index is 12.3. The fourth-order valence-electron chi connectivity index (χ4n) is 3.39. The van der Waals surface area contributed by atoms with E-state index in [9.17, 15) is 14.9 Å².